The highest BCUT2D eigenvalue weighted by Gasteiger charge is 2.54. The summed E-state index contributed by atoms with van der Waals surface area (Å²) in [4.78, 5) is 8.45. The Bertz CT molecular complexity index is 845. The van der Waals surface area contributed by atoms with Crippen molar-refractivity contribution in [3.63, 3.8) is 0 Å². The summed E-state index contributed by atoms with van der Waals surface area (Å²) in [5, 5.41) is 3.38. The number of halogens is 3. The van der Waals surface area contributed by atoms with Crippen molar-refractivity contribution < 1.29 is 13.2 Å². The molecule has 8 heteroatoms. The van der Waals surface area contributed by atoms with E-state index in [1.54, 1.807) is 0 Å². The normalized spacial score (nSPS) is 27.6. The SMILES string of the molecule is Nc1ncc(-c2cn(C3[C@H]4CNC[C@@H]34)c(CC3CC3)n2)cc1C(F)(F)F. The number of hydrogen-bond donors (Lipinski definition) is 2. The second-order valence-electron chi connectivity index (χ2n) is 7.73. The molecule has 3 N–H and O–H groups in total. The maximum Gasteiger partial charge on any atom is 0.419 e. The van der Waals surface area contributed by atoms with Gasteiger partial charge in [0.2, 0.25) is 0 Å². The Morgan fingerprint density at radius 3 is 2.62 bits per heavy atom. The minimum atomic E-state index is -4.52. The summed E-state index contributed by atoms with van der Waals surface area (Å²) in [5.41, 5.74) is 5.44. The molecule has 2 aliphatic carbocycles. The Balaban J connectivity index is 1.52. The van der Waals surface area contributed by atoms with E-state index < -0.39 is 17.6 Å². The van der Waals surface area contributed by atoms with Crippen LogP contribution in [0.3, 0.4) is 0 Å². The highest BCUT2D eigenvalue weighted by molar-refractivity contribution is 5.62. The maximum atomic E-state index is 13.2. The van der Waals surface area contributed by atoms with E-state index in [4.69, 9.17) is 10.7 Å². The lowest BCUT2D eigenvalue weighted by Gasteiger charge is -2.10. The lowest BCUT2D eigenvalue weighted by atomic mass is 10.1. The summed E-state index contributed by atoms with van der Waals surface area (Å²) in [7, 11) is 0. The van der Waals surface area contributed by atoms with Crippen molar-refractivity contribution in [2.75, 3.05) is 18.8 Å². The first-order valence-corrected chi connectivity index (χ1v) is 9.03. The van der Waals surface area contributed by atoms with Gasteiger partial charge in [-0.25, -0.2) is 9.97 Å². The molecule has 2 aromatic heterocycles. The monoisotopic (exact) mass is 363 g/mol. The molecule has 138 valence electrons. The smallest absolute Gasteiger partial charge is 0.383 e. The van der Waals surface area contributed by atoms with Crippen LogP contribution in [-0.4, -0.2) is 27.6 Å². The summed E-state index contributed by atoms with van der Waals surface area (Å²) in [6, 6.07) is 1.49. The molecular formula is C18H20F3N5. The van der Waals surface area contributed by atoms with Gasteiger partial charge in [0.15, 0.2) is 0 Å². The van der Waals surface area contributed by atoms with E-state index in [0.717, 1.165) is 31.4 Å². The van der Waals surface area contributed by atoms with Crippen LogP contribution in [0.1, 0.15) is 30.3 Å². The molecule has 3 aliphatic rings. The molecule has 3 fully saturated rings. The third-order valence-electron chi connectivity index (χ3n) is 5.86. The third-order valence-corrected chi connectivity index (χ3v) is 5.86. The van der Waals surface area contributed by atoms with Crippen LogP contribution < -0.4 is 11.1 Å². The predicted molar refractivity (Wildman–Crippen MR) is 90.2 cm³/mol. The fourth-order valence-electron chi connectivity index (χ4n) is 4.20. The van der Waals surface area contributed by atoms with Gasteiger partial charge >= 0.3 is 6.18 Å². The number of nitrogens with zero attached hydrogens (tertiary/aromatic N) is 3. The van der Waals surface area contributed by atoms with Gasteiger partial charge in [-0.2, -0.15) is 13.2 Å². The molecule has 5 nitrogen and oxygen atoms in total. The first-order valence-electron chi connectivity index (χ1n) is 9.03. The van der Waals surface area contributed by atoms with Crippen LogP contribution in [0.2, 0.25) is 0 Å². The minimum Gasteiger partial charge on any atom is -0.383 e. The Morgan fingerprint density at radius 2 is 1.96 bits per heavy atom. The number of nitrogens with two attached hydrogens (primary N) is 1. The summed E-state index contributed by atoms with van der Waals surface area (Å²) in [5.74, 6) is 2.39. The Morgan fingerprint density at radius 1 is 1.23 bits per heavy atom. The van der Waals surface area contributed by atoms with Gasteiger partial charge in [-0.15, -0.1) is 0 Å². The van der Waals surface area contributed by atoms with Crippen molar-refractivity contribution in [2.24, 2.45) is 17.8 Å². The van der Waals surface area contributed by atoms with Gasteiger partial charge in [0.1, 0.15) is 11.6 Å². The number of alkyl halides is 3. The zero-order valence-corrected chi connectivity index (χ0v) is 14.1. The van der Waals surface area contributed by atoms with Gasteiger partial charge in [0.25, 0.3) is 0 Å². The van der Waals surface area contributed by atoms with Gasteiger partial charge in [0, 0.05) is 43.5 Å². The Hall–Kier alpha value is -2.09. The average molecular weight is 363 g/mol. The summed E-state index contributed by atoms with van der Waals surface area (Å²) in [6.45, 7) is 2.01. The van der Waals surface area contributed by atoms with Gasteiger partial charge in [-0.3, -0.25) is 0 Å². The molecule has 5 rings (SSSR count). The number of piperidine rings is 1. The highest BCUT2D eigenvalue weighted by atomic mass is 19.4. The Kier molecular flexibility index (Phi) is 3.38. The van der Waals surface area contributed by atoms with E-state index in [2.05, 4.69) is 14.9 Å². The number of rotatable bonds is 4. The van der Waals surface area contributed by atoms with Crippen molar-refractivity contribution in [1.29, 1.82) is 0 Å². The van der Waals surface area contributed by atoms with Gasteiger partial charge in [0.05, 0.1) is 11.3 Å². The van der Waals surface area contributed by atoms with Gasteiger partial charge in [-0.05, 0) is 36.7 Å². The predicted octanol–water partition coefficient (Wildman–Crippen LogP) is 2.89. The molecule has 0 bridgehead atoms. The number of pyridine rings is 1. The van der Waals surface area contributed by atoms with Crippen LogP contribution in [0.4, 0.5) is 19.0 Å². The van der Waals surface area contributed by atoms with Crippen LogP contribution in [0, 0.1) is 17.8 Å². The second-order valence-corrected chi connectivity index (χ2v) is 7.73. The van der Waals surface area contributed by atoms with Crippen LogP contribution in [0.5, 0.6) is 0 Å². The summed E-state index contributed by atoms with van der Waals surface area (Å²) < 4.78 is 41.7. The van der Waals surface area contributed by atoms with Gasteiger partial charge < -0.3 is 15.6 Å². The molecule has 0 aromatic carbocycles. The zero-order chi connectivity index (χ0) is 18.1. The topological polar surface area (TPSA) is 68.8 Å². The third kappa shape index (κ3) is 2.67. The second kappa shape index (κ2) is 5.45. The molecule has 2 aromatic rings. The van der Waals surface area contributed by atoms with Crippen molar-refractivity contribution >= 4 is 5.82 Å². The first-order chi connectivity index (χ1) is 12.4. The van der Waals surface area contributed by atoms with Crippen molar-refractivity contribution in [2.45, 2.75) is 31.5 Å². The average Bonchev–Trinajstić information content (AvgIpc) is 3.42. The summed E-state index contributed by atoms with van der Waals surface area (Å²) >= 11 is 0. The quantitative estimate of drug-likeness (QED) is 0.876. The maximum absolute atomic E-state index is 13.2. The van der Waals surface area contributed by atoms with Crippen LogP contribution in [0.15, 0.2) is 18.5 Å². The van der Waals surface area contributed by atoms with E-state index in [1.165, 1.54) is 19.0 Å². The van der Waals surface area contributed by atoms with Gasteiger partial charge in [-0.1, -0.05) is 0 Å². The molecular weight excluding hydrogens is 343 g/mol. The van der Waals surface area contributed by atoms with Crippen LogP contribution in [-0.2, 0) is 12.6 Å². The molecule has 3 heterocycles. The number of imidazole rings is 1. The number of fused-ring (bicyclic) bond motifs is 1. The van der Waals surface area contributed by atoms with Crippen molar-refractivity contribution in [3.05, 3.63) is 29.8 Å². The zero-order valence-electron chi connectivity index (χ0n) is 14.1. The van der Waals surface area contributed by atoms with Crippen LogP contribution in [0.25, 0.3) is 11.3 Å². The molecule has 1 unspecified atom stereocenters. The lowest BCUT2D eigenvalue weighted by Crippen LogP contribution is -2.17. The number of hydrogen-bond acceptors (Lipinski definition) is 4. The molecule has 0 spiro atoms. The van der Waals surface area contributed by atoms with E-state index in [0.29, 0.717) is 35.1 Å². The van der Waals surface area contributed by atoms with E-state index in [1.807, 2.05) is 6.20 Å². The first kappa shape index (κ1) is 16.1. The molecule has 1 aliphatic heterocycles. The Labute approximate surface area is 148 Å². The van der Waals surface area contributed by atoms with E-state index >= 15 is 0 Å². The number of anilines is 1. The number of aromatic nitrogens is 3. The molecule has 1 saturated heterocycles. The van der Waals surface area contributed by atoms with Crippen molar-refractivity contribution in [1.82, 2.24) is 19.9 Å². The highest BCUT2D eigenvalue weighted by Crippen LogP contribution is 2.53. The molecule has 3 atom stereocenters. The van der Waals surface area contributed by atoms with Crippen molar-refractivity contribution in [3.8, 4) is 11.3 Å². The minimum absolute atomic E-state index is 0.367. The molecule has 0 radical (unpaired) electrons. The lowest BCUT2D eigenvalue weighted by molar-refractivity contribution is -0.137. The fraction of sp³-hybridized carbons (Fsp3) is 0.556. The van der Waals surface area contributed by atoms with E-state index in [-0.39, 0.29) is 0 Å². The van der Waals surface area contributed by atoms with E-state index in [9.17, 15) is 13.2 Å². The largest absolute Gasteiger partial charge is 0.419 e. The van der Waals surface area contributed by atoms with Crippen LogP contribution >= 0.6 is 0 Å². The fourth-order valence-corrected chi connectivity index (χ4v) is 4.20. The standard InChI is InChI=1S/C18H20F3N5/c19-18(20,21)13-4-10(5-24-17(13)22)14-8-26(15(25-14)3-9-1-2-9)16-11-6-23-7-12(11)16/h4-5,8-9,11-12,16,23H,1-3,6-7H2,(H2,22,24)/t11-,12+,16?. The number of nitrogens with one attached hydrogen (secondary N) is 1. The molecule has 0 amide bonds. The molecule has 26 heavy (non-hydrogen) atoms. The molecule has 2 saturated carbocycles. The summed E-state index contributed by atoms with van der Waals surface area (Å²) in [6.07, 6.45) is 2.09. The number of nitrogen functional groups attached to an aromatic ring is 1.